The van der Waals surface area contributed by atoms with Gasteiger partial charge in [-0.05, 0) is 40.8 Å². The number of hydrogen-bond acceptors (Lipinski definition) is 6. The summed E-state index contributed by atoms with van der Waals surface area (Å²) >= 11 is 0. The smallest absolute Gasteiger partial charge is 0.322 e. The maximum Gasteiger partial charge on any atom is 0.322 e. The fraction of sp³-hybridized carbons (Fsp3) is 0.292. The van der Waals surface area contributed by atoms with E-state index in [-0.39, 0.29) is 29.9 Å². The maximum absolute atomic E-state index is 13.4. The van der Waals surface area contributed by atoms with Crippen molar-refractivity contribution in [1.82, 2.24) is 14.3 Å². The van der Waals surface area contributed by atoms with E-state index >= 15 is 0 Å². The molecule has 0 bridgehead atoms. The molecule has 0 radical (unpaired) electrons. The molecule has 0 saturated heterocycles. The van der Waals surface area contributed by atoms with Gasteiger partial charge in [-0.15, -0.1) is 0 Å². The van der Waals surface area contributed by atoms with Crippen LogP contribution in [-0.4, -0.2) is 40.3 Å². The van der Waals surface area contributed by atoms with Crippen LogP contribution in [0.4, 0.5) is 5.69 Å². The molecule has 2 N–H and O–H groups in total. The summed E-state index contributed by atoms with van der Waals surface area (Å²) in [6, 6.07) is 14.3. The molecule has 0 amide bonds. The van der Waals surface area contributed by atoms with E-state index in [0.717, 1.165) is 11.1 Å². The summed E-state index contributed by atoms with van der Waals surface area (Å²) in [5.41, 5.74) is 3.04. The van der Waals surface area contributed by atoms with E-state index in [1.54, 1.807) is 18.2 Å². The molecule has 0 fully saturated rings. The Labute approximate surface area is 194 Å². The largest absolute Gasteiger partial charge is 0.480 e. The zero-order valence-electron chi connectivity index (χ0n) is 18.9. The third-order valence-corrected chi connectivity index (χ3v) is 6.82. The number of pyridine rings is 2. The SMILES string of the molecule is CC(C)(C)c1ccc(CN(Cc2cc(NCC(=O)O)ccn2)S(=O)(=O)c2cccnc2)cc1. The fourth-order valence-electron chi connectivity index (χ4n) is 3.22. The molecule has 1 aromatic carbocycles. The second kappa shape index (κ2) is 10.1. The van der Waals surface area contributed by atoms with Crippen molar-refractivity contribution < 1.29 is 18.3 Å². The Kier molecular flexibility index (Phi) is 7.45. The topological polar surface area (TPSA) is 112 Å². The van der Waals surface area contributed by atoms with Gasteiger partial charge >= 0.3 is 5.97 Å². The van der Waals surface area contributed by atoms with Gasteiger partial charge in [0.25, 0.3) is 0 Å². The van der Waals surface area contributed by atoms with E-state index in [9.17, 15) is 13.2 Å². The number of carboxylic acids is 1. The summed E-state index contributed by atoms with van der Waals surface area (Å²) in [6.07, 6.45) is 4.36. The van der Waals surface area contributed by atoms with Crippen molar-refractivity contribution in [2.24, 2.45) is 0 Å². The van der Waals surface area contributed by atoms with Crippen molar-refractivity contribution in [2.45, 2.75) is 44.2 Å². The van der Waals surface area contributed by atoms with Crippen molar-refractivity contribution in [2.75, 3.05) is 11.9 Å². The van der Waals surface area contributed by atoms with Gasteiger partial charge in [0, 0.05) is 30.8 Å². The minimum atomic E-state index is -3.86. The van der Waals surface area contributed by atoms with Gasteiger partial charge in [-0.3, -0.25) is 14.8 Å². The Morgan fingerprint density at radius 2 is 1.79 bits per heavy atom. The first-order chi connectivity index (χ1) is 15.6. The van der Waals surface area contributed by atoms with E-state index in [2.05, 4.69) is 36.1 Å². The summed E-state index contributed by atoms with van der Waals surface area (Å²) in [6.45, 7) is 6.28. The highest BCUT2D eigenvalue weighted by molar-refractivity contribution is 7.89. The molecular formula is C24H28N4O4S. The van der Waals surface area contributed by atoms with Gasteiger partial charge < -0.3 is 10.4 Å². The van der Waals surface area contributed by atoms with Crippen LogP contribution < -0.4 is 5.32 Å². The molecule has 3 rings (SSSR count). The number of nitrogens with one attached hydrogen (secondary N) is 1. The summed E-state index contributed by atoms with van der Waals surface area (Å²) in [5.74, 6) is -0.993. The number of hydrogen-bond donors (Lipinski definition) is 2. The fourth-order valence-corrected chi connectivity index (χ4v) is 4.59. The highest BCUT2D eigenvalue weighted by Crippen LogP contribution is 2.25. The van der Waals surface area contributed by atoms with Crippen molar-refractivity contribution in [3.8, 4) is 0 Å². The van der Waals surface area contributed by atoms with Crippen molar-refractivity contribution in [3.63, 3.8) is 0 Å². The lowest BCUT2D eigenvalue weighted by atomic mass is 9.87. The van der Waals surface area contributed by atoms with E-state index in [1.807, 2.05) is 24.3 Å². The van der Waals surface area contributed by atoms with Crippen LogP contribution in [0.5, 0.6) is 0 Å². The van der Waals surface area contributed by atoms with Gasteiger partial charge in [0.15, 0.2) is 0 Å². The van der Waals surface area contributed by atoms with Crippen LogP contribution in [-0.2, 0) is 33.3 Å². The van der Waals surface area contributed by atoms with Crippen LogP contribution in [0.25, 0.3) is 0 Å². The number of nitrogens with zero attached hydrogens (tertiary/aromatic N) is 3. The number of carbonyl (C=O) groups is 1. The lowest BCUT2D eigenvalue weighted by molar-refractivity contribution is -0.134. The van der Waals surface area contributed by atoms with Crippen molar-refractivity contribution >= 4 is 21.7 Å². The first-order valence-electron chi connectivity index (χ1n) is 10.5. The second-order valence-electron chi connectivity index (χ2n) is 8.69. The van der Waals surface area contributed by atoms with Crippen molar-refractivity contribution in [1.29, 1.82) is 0 Å². The van der Waals surface area contributed by atoms with E-state index < -0.39 is 16.0 Å². The standard InChI is InChI=1S/C24H28N4O4S/c1-24(2,3)19-8-6-18(7-9-19)16-28(33(31,32)22-5-4-11-25-14-22)17-21-13-20(10-12-26-21)27-15-23(29)30/h4-14H,15-17H2,1-3H3,(H,26,27)(H,29,30). The molecule has 0 atom stereocenters. The highest BCUT2D eigenvalue weighted by Gasteiger charge is 2.26. The molecule has 8 nitrogen and oxygen atoms in total. The number of benzene rings is 1. The van der Waals surface area contributed by atoms with Crippen LogP contribution in [0.2, 0.25) is 0 Å². The molecule has 33 heavy (non-hydrogen) atoms. The minimum absolute atomic E-state index is 0.00663. The lowest BCUT2D eigenvalue weighted by Crippen LogP contribution is -2.30. The molecule has 0 spiro atoms. The van der Waals surface area contributed by atoms with Crippen LogP contribution in [0, 0.1) is 0 Å². The van der Waals surface area contributed by atoms with Crippen LogP contribution in [0.3, 0.4) is 0 Å². The summed E-state index contributed by atoms with van der Waals surface area (Å²) in [4.78, 5) is 19.2. The molecule has 0 aliphatic heterocycles. The normalized spacial score (nSPS) is 12.0. The number of anilines is 1. The molecular weight excluding hydrogens is 440 g/mol. The molecule has 3 aromatic rings. The summed E-state index contributed by atoms with van der Waals surface area (Å²) < 4.78 is 28.2. The van der Waals surface area contributed by atoms with E-state index in [0.29, 0.717) is 11.4 Å². The molecule has 0 aliphatic rings. The maximum atomic E-state index is 13.4. The molecule has 174 valence electrons. The first-order valence-corrected chi connectivity index (χ1v) is 11.9. The third kappa shape index (κ3) is 6.59. The van der Waals surface area contributed by atoms with Crippen LogP contribution in [0.15, 0.2) is 72.0 Å². The zero-order chi connectivity index (χ0) is 24.1. The average molecular weight is 469 g/mol. The quantitative estimate of drug-likeness (QED) is 0.493. The minimum Gasteiger partial charge on any atom is -0.480 e. The number of rotatable bonds is 9. The molecule has 2 heterocycles. The monoisotopic (exact) mass is 468 g/mol. The first kappa shape index (κ1) is 24.3. The summed E-state index contributed by atoms with van der Waals surface area (Å²) in [7, 11) is -3.86. The van der Waals surface area contributed by atoms with Gasteiger partial charge in [-0.1, -0.05) is 45.0 Å². The van der Waals surface area contributed by atoms with Gasteiger partial charge in [-0.25, -0.2) is 8.42 Å². The van der Waals surface area contributed by atoms with E-state index in [4.69, 9.17) is 5.11 Å². The third-order valence-electron chi connectivity index (χ3n) is 5.05. The number of carboxylic acid groups (broad SMARTS) is 1. The highest BCUT2D eigenvalue weighted by atomic mass is 32.2. The van der Waals surface area contributed by atoms with Crippen LogP contribution in [0.1, 0.15) is 37.6 Å². The van der Waals surface area contributed by atoms with E-state index in [1.165, 1.54) is 29.0 Å². The number of aromatic nitrogens is 2. The second-order valence-corrected chi connectivity index (χ2v) is 10.6. The molecule has 0 saturated carbocycles. The van der Waals surface area contributed by atoms with Gasteiger partial charge in [0.2, 0.25) is 10.0 Å². The van der Waals surface area contributed by atoms with Crippen molar-refractivity contribution in [3.05, 3.63) is 83.9 Å². The average Bonchev–Trinajstić information content (AvgIpc) is 2.78. The zero-order valence-corrected chi connectivity index (χ0v) is 19.7. The van der Waals surface area contributed by atoms with Gasteiger partial charge in [0.05, 0.1) is 12.2 Å². The lowest BCUT2D eigenvalue weighted by Gasteiger charge is -2.23. The number of sulfonamides is 1. The van der Waals surface area contributed by atoms with Gasteiger partial charge in [-0.2, -0.15) is 4.31 Å². The molecule has 0 unspecified atom stereocenters. The Balaban J connectivity index is 1.91. The predicted octanol–water partition coefficient (Wildman–Crippen LogP) is 3.66. The Hall–Kier alpha value is -3.30. The van der Waals surface area contributed by atoms with Crippen LogP contribution >= 0.6 is 0 Å². The molecule has 2 aromatic heterocycles. The Bertz CT molecular complexity index is 1190. The Morgan fingerprint density at radius 3 is 2.39 bits per heavy atom. The number of aliphatic carboxylic acids is 1. The van der Waals surface area contributed by atoms with Gasteiger partial charge in [0.1, 0.15) is 11.4 Å². The molecule has 0 aliphatic carbocycles. The Morgan fingerprint density at radius 1 is 1.06 bits per heavy atom. The predicted molar refractivity (Wildman–Crippen MR) is 126 cm³/mol. The summed E-state index contributed by atoms with van der Waals surface area (Å²) in [5, 5.41) is 11.7. The molecule has 9 heteroatoms.